The summed E-state index contributed by atoms with van der Waals surface area (Å²) in [5.41, 5.74) is 7.58. The molecule has 2 aromatic heterocycles. The average molecular weight is 252 g/mol. The van der Waals surface area contributed by atoms with Gasteiger partial charge >= 0.3 is 0 Å². The molecule has 0 spiro atoms. The molecule has 1 aromatic carbocycles. The normalized spacial score (nSPS) is 10.8. The minimum absolute atomic E-state index is 0.171. The van der Waals surface area contributed by atoms with E-state index < -0.39 is 0 Å². The SMILES string of the molecule is Cc1ncc2c(=O)n(-c3ccccc3N)ccc2n1. The number of hydrogen-bond donors (Lipinski definition) is 1. The molecule has 3 rings (SSSR count). The van der Waals surface area contributed by atoms with E-state index in [0.29, 0.717) is 28.1 Å². The zero-order chi connectivity index (χ0) is 13.4. The van der Waals surface area contributed by atoms with Crippen LogP contribution in [0, 0.1) is 6.92 Å². The topological polar surface area (TPSA) is 73.8 Å². The minimum atomic E-state index is -0.171. The first kappa shape index (κ1) is 11.4. The van der Waals surface area contributed by atoms with Gasteiger partial charge in [0.05, 0.1) is 22.3 Å². The summed E-state index contributed by atoms with van der Waals surface area (Å²) in [4.78, 5) is 20.7. The number of rotatable bonds is 1. The molecule has 5 nitrogen and oxygen atoms in total. The van der Waals surface area contributed by atoms with Gasteiger partial charge in [0.15, 0.2) is 0 Å². The zero-order valence-electron chi connectivity index (χ0n) is 10.4. The monoisotopic (exact) mass is 252 g/mol. The largest absolute Gasteiger partial charge is 0.397 e. The van der Waals surface area contributed by atoms with Crippen LogP contribution < -0.4 is 11.3 Å². The van der Waals surface area contributed by atoms with E-state index in [-0.39, 0.29) is 5.56 Å². The molecule has 0 radical (unpaired) electrons. The molecule has 94 valence electrons. The Morgan fingerprint density at radius 1 is 1.21 bits per heavy atom. The molecule has 0 aliphatic carbocycles. The fourth-order valence-corrected chi connectivity index (χ4v) is 2.02. The van der Waals surface area contributed by atoms with Crippen molar-refractivity contribution in [3.05, 3.63) is 58.9 Å². The first-order valence-electron chi connectivity index (χ1n) is 5.87. The van der Waals surface area contributed by atoms with E-state index >= 15 is 0 Å². The number of aryl methyl sites for hydroxylation is 1. The van der Waals surface area contributed by atoms with Gasteiger partial charge in [0.1, 0.15) is 5.82 Å². The van der Waals surface area contributed by atoms with Crippen LogP contribution in [-0.2, 0) is 0 Å². The Hall–Kier alpha value is -2.69. The number of fused-ring (bicyclic) bond motifs is 1. The van der Waals surface area contributed by atoms with Crippen molar-refractivity contribution in [3.8, 4) is 5.69 Å². The van der Waals surface area contributed by atoms with Gasteiger partial charge in [-0.15, -0.1) is 0 Å². The van der Waals surface area contributed by atoms with Crippen molar-refractivity contribution in [2.24, 2.45) is 0 Å². The van der Waals surface area contributed by atoms with Crippen molar-refractivity contribution in [3.63, 3.8) is 0 Å². The smallest absolute Gasteiger partial charge is 0.266 e. The van der Waals surface area contributed by atoms with Crippen LogP contribution in [0.1, 0.15) is 5.82 Å². The molecule has 2 heterocycles. The molecule has 0 unspecified atom stereocenters. The quantitative estimate of drug-likeness (QED) is 0.668. The van der Waals surface area contributed by atoms with Crippen molar-refractivity contribution in [2.45, 2.75) is 6.92 Å². The lowest BCUT2D eigenvalue weighted by atomic mass is 10.2. The molecular weight excluding hydrogens is 240 g/mol. The van der Waals surface area contributed by atoms with Gasteiger partial charge in [-0.2, -0.15) is 0 Å². The second kappa shape index (κ2) is 4.20. The van der Waals surface area contributed by atoms with Crippen LogP contribution in [0.4, 0.5) is 5.69 Å². The highest BCUT2D eigenvalue weighted by atomic mass is 16.1. The fraction of sp³-hybridized carbons (Fsp3) is 0.0714. The summed E-state index contributed by atoms with van der Waals surface area (Å²) in [5.74, 6) is 0.642. The second-order valence-electron chi connectivity index (χ2n) is 4.27. The molecule has 3 aromatic rings. The summed E-state index contributed by atoms with van der Waals surface area (Å²) in [5, 5.41) is 0.483. The Morgan fingerprint density at radius 2 is 2.00 bits per heavy atom. The molecule has 0 fully saturated rings. The Labute approximate surface area is 109 Å². The average Bonchev–Trinajstić information content (AvgIpc) is 2.40. The molecule has 2 N–H and O–H groups in total. The number of benzene rings is 1. The van der Waals surface area contributed by atoms with Gasteiger partial charge < -0.3 is 5.73 Å². The summed E-state index contributed by atoms with van der Waals surface area (Å²) in [7, 11) is 0. The van der Waals surface area contributed by atoms with Crippen LogP contribution in [0.2, 0.25) is 0 Å². The maximum absolute atomic E-state index is 12.4. The van der Waals surface area contributed by atoms with Crippen molar-refractivity contribution >= 4 is 16.6 Å². The number of para-hydroxylation sites is 2. The van der Waals surface area contributed by atoms with Crippen molar-refractivity contribution < 1.29 is 0 Å². The van der Waals surface area contributed by atoms with Crippen molar-refractivity contribution in [1.82, 2.24) is 14.5 Å². The first-order chi connectivity index (χ1) is 9.16. The number of nitrogens with zero attached hydrogens (tertiary/aromatic N) is 3. The van der Waals surface area contributed by atoms with Gasteiger partial charge in [0.25, 0.3) is 5.56 Å². The van der Waals surface area contributed by atoms with Crippen molar-refractivity contribution in [1.29, 1.82) is 0 Å². The third-order valence-electron chi connectivity index (χ3n) is 2.97. The molecular formula is C14H12N4O. The minimum Gasteiger partial charge on any atom is -0.397 e. The van der Waals surface area contributed by atoms with E-state index in [1.807, 2.05) is 12.1 Å². The molecule has 19 heavy (non-hydrogen) atoms. The Bertz CT molecular complexity index is 823. The van der Waals surface area contributed by atoms with Crippen LogP contribution in [0.3, 0.4) is 0 Å². The number of nitrogens with two attached hydrogens (primary N) is 1. The lowest BCUT2D eigenvalue weighted by Crippen LogP contribution is -2.19. The van der Waals surface area contributed by atoms with E-state index in [9.17, 15) is 4.79 Å². The molecule has 0 saturated heterocycles. The highest BCUT2D eigenvalue weighted by molar-refractivity contribution is 5.77. The second-order valence-corrected chi connectivity index (χ2v) is 4.27. The maximum Gasteiger partial charge on any atom is 0.266 e. The van der Waals surface area contributed by atoms with Gasteiger partial charge in [0, 0.05) is 12.4 Å². The number of anilines is 1. The van der Waals surface area contributed by atoms with Gasteiger partial charge in [-0.25, -0.2) is 9.97 Å². The number of pyridine rings is 1. The van der Waals surface area contributed by atoms with E-state index in [0.717, 1.165) is 0 Å². The third kappa shape index (κ3) is 1.85. The summed E-state index contributed by atoms with van der Waals surface area (Å²) in [6, 6.07) is 9.03. The predicted molar refractivity (Wildman–Crippen MR) is 74.3 cm³/mol. The highest BCUT2D eigenvalue weighted by Gasteiger charge is 2.07. The van der Waals surface area contributed by atoms with Gasteiger partial charge in [-0.05, 0) is 25.1 Å². The molecule has 0 atom stereocenters. The summed E-state index contributed by atoms with van der Waals surface area (Å²) < 4.78 is 1.51. The Morgan fingerprint density at radius 3 is 2.79 bits per heavy atom. The molecule has 0 saturated carbocycles. The van der Waals surface area contributed by atoms with Gasteiger partial charge in [-0.3, -0.25) is 9.36 Å². The van der Waals surface area contributed by atoms with Crippen molar-refractivity contribution in [2.75, 3.05) is 5.73 Å². The molecule has 0 bridgehead atoms. The first-order valence-corrected chi connectivity index (χ1v) is 5.87. The lowest BCUT2D eigenvalue weighted by Gasteiger charge is -2.09. The fourth-order valence-electron chi connectivity index (χ4n) is 2.02. The van der Waals surface area contributed by atoms with Crippen LogP contribution in [0.5, 0.6) is 0 Å². The molecule has 0 amide bonds. The molecule has 0 aliphatic heterocycles. The van der Waals surface area contributed by atoms with Crippen LogP contribution in [0.15, 0.2) is 47.5 Å². The van der Waals surface area contributed by atoms with Crippen LogP contribution in [0.25, 0.3) is 16.6 Å². The van der Waals surface area contributed by atoms with Crippen LogP contribution in [-0.4, -0.2) is 14.5 Å². The van der Waals surface area contributed by atoms with E-state index in [4.69, 9.17) is 5.73 Å². The zero-order valence-corrected chi connectivity index (χ0v) is 10.4. The molecule has 5 heteroatoms. The van der Waals surface area contributed by atoms with Gasteiger partial charge in [-0.1, -0.05) is 12.1 Å². The third-order valence-corrected chi connectivity index (χ3v) is 2.97. The number of hydrogen-bond acceptors (Lipinski definition) is 4. The van der Waals surface area contributed by atoms with Gasteiger partial charge in [0.2, 0.25) is 0 Å². The summed E-state index contributed by atoms with van der Waals surface area (Å²) in [6.07, 6.45) is 3.23. The standard InChI is InChI=1S/C14H12N4O/c1-9-16-8-10-12(17-9)6-7-18(14(10)19)13-5-3-2-4-11(13)15/h2-8H,15H2,1H3. The molecule has 0 aliphatic rings. The lowest BCUT2D eigenvalue weighted by molar-refractivity contribution is 0.996. The Kier molecular flexibility index (Phi) is 2.52. The maximum atomic E-state index is 12.4. The van der Waals surface area contributed by atoms with E-state index in [2.05, 4.69) is 9.97 Å². The van der Waals surface area contributed by atoms with E-state index in [1.54, 1.807) is 37.5 Å². The summed E-state index contributed by atoms with van der Waals surface area (Å²) in [6.45, 7) is 1.79. The predicted octanol–water partition coefficient (Wildman–Crippen LogP) is 1.67. The van der Waals surface area contributed by atoms with E-state index in [1.165, 1.54) is 4.57 Å². The highest BCUT2D eigenvalue weighted by Crippen LogP contribution is 2.15. The number of nitrogen functional groups attached to an aromatic ring is 1. The number of aromatic nitrogens is 3. The van der Waals surface area contributed by atoms with Crippen LogP contribution >= 0.6 is 0 Å². The summed E-state index contributed by atoms with van der Waals surface area (Å²) >= 11 is 0. The Balaban J connectivity index is 2.33.